The van der Waals surface area contributed by atoms with Crippen molar-refractivity contribution in [1.29, 1.82) is 0 Å². The first-order chi connectivity index (χ1) is 8.02. The molecule has 0 bridgehead atoms. The van der Waals surface area contributed by atoms with Crippen molar-refractivity contribution in [2.24, 2.45) is 0 Å². The van der Waals surface area contributed by atoms with Gasteiger partial charge in [-0.05, 0) is 27.2 Å². The van der Waals surface area contributed by atoms with Gasteiger partial charge in [-0.3, -0.25) is 4.79 Å². The van der Waals surface area contributed by atoms with Crippen LogP contribution < -0.4 is 0 Å². The molecule has 0 aliphatic rings. The van der Waals surface area contributed by atoms with Crippen LogP contribution in [0.25, 0.3) is 0 Å². The maximum absolute atomic E-state index is 12.4. The Kier molecular flexibility index (Phi) is 5.25. The Morgan fingerprint density at radius 2 is 1.88 bits per heavy atom. The maximum atomic E-state index is 12.4. The monoisotopic (exact) mass is 301 g/mol. The molecule has 1 rings (SSSR count). The number of furan rings is 1. The van der Waals surface area contributed by atoms with Gasteiger partial charge in [-0.15, -0.1) is 0 Å². The lowest BCUT2D eigenvalue weighted by atomic mass is 10.1. The molecule has 0 unspecified atom stereocenters. The molecule has 1 heterocycles. The highest BCUT2D eigenvalue weighted by Crippen LogP contribution is 2.22. The van der Waals surface area contributed by atoms with Crippen molar-refractivity contribution in [3.8, 4) is 0 Å². The van der Waals surface area contributed by atoms with E-state index >= 15 is 0 Å². The van der Waals surface area contributed by atoms with Gasteiger partial charge in [-0.2, -0.15) is 0 Å². The van der Waals surface area contributed by atoms with Crippen LogP contribution in [-0.2, 0) is 0 Å². The summed E-state index contributed by atoms with van der Waals surface area (Å²) < 4.78 is 5.51. The fourth-order valence-electron chi connectivity index (χ4n) is 1.95. The lowest BCUT2D eigenvalue weighted by molar-refractivity contribution is 0.0764. The number of amides is 1. The molecule has 0 aliphatic heterocycles. The third kappa shape index (κ3) is 3.12. The van der Waals surface area contributed by atoms with E-state index in [4.69, 9.17) is 4.42 Å². The molecular weight excluding hydrogens is 282 g/mol. The number of alkyl halides is 1. The van der Waals surface area contributed by atoms with E-state index in [1.54, 1.807) is 0 Å². The van der Waals surface area contributed by atoms with Crippen LogP contribution in [-0.4, -0.2) is 29.2 Å². The molecule has 0 atom stereocenters. The van der Waals surface area contributed by atoms with Gasteiger partial charge in [0.05, 0.1) is 5.56 Å². The van der Waals surface area contributed by atoms with E-state index in [1.807, 2.05) is 25.7 Å². The molecule has 0 spiro atoms. The van der Waals surface area contributed by atoms with Crippen molar-refractivity contribution in [3.63, 3.8) is 0 Å². The minimum absolute atomic E-state index is 0.0816. The van der Waals surface area contributed by atoms with E-state index in [0.29, 0.717) is 0 Å². The quantitative estimate of drug-likeness (QED) is 0.781. The molecule has 0 N–H and O–H groups in total. The molecule has 0 aromatic carbocycles. The van der Waals surface area contributed by atoms with Crippen molar-refractivity contribution in [2.75, 3.05) is 18.4 Å². The standard InChI is InChI=1S/C13H20BrNO2/c1-5-7-15(8-6-14)13(16)12-9(2)10(3)17-11(12)4/h5-8H2,1-4H3. The van der Waals surface area contributed by atoms with E-state index in [0.717, 1.165) is 47.5 Å². The maximum Gasteiger partial charge on any atom is 0.257 e. The van der Waals surface area contributed by atoms with Crippen LogP contribution in [0.15, 0.2) is 4.42 Å². The Morgan fingerprint density at radius 3 is 2.29 bits per heavy atom. The average Bonchev–Trinajstić information content (AvgIpc) is 2.52. The summed E-state index contributed by atoms with van der Waals surface area (Å²) in [6.07, 6.45) is 0.966. The average molecular weight is 302 g/mol. The second kappa shape index (κ2) is 6.24. The Morgan fingerprint density at radius 1 is 1.24 bits per heavy atom. The summed E-state index contributed by atoms with van der Waals surface area (Å²) in [6, 6.07) is 0. The third-order valence-electron chi connectivity index (χ3n) is 2.91. The molecular formula is C13H20BrNO2. The van der Waals surface area contributed by atoms with E-state index in [-0.39, 0.29) is 5.91 Å². The normalized spacial score (nSPS) is 10.6. The van der Waals surface area contributed by atoms with Gasteiger partial charge in [0, 0.05) is 24.0 Å². The molecule has 4 heteroatoms. The lowest BCUT2D eigenvalue weighted by Gasteiger charge is -2.21. The molecule has 96 valence electrons. The van der Waals surface area contributed by atoms with Crippen LogP contribution in [0.2, 0.25) is 0 Å². The van der Waals surface area contributed by atoms with Gasteiger partial charge in [0.25, 0.3) is 5.91 Å². The Balaban J connectivity index is 3.00. The fraction of sp³-hybridized carbons (Fsp3) is 0.615. The molecule has 0 radical (unpaired) electrons. The molecule has 0 saturated carbocycles. The zero-order chi connectivity index (χ0) is 13.0. The van der Waals surface area contributed by atoms with Gasteiger partial charge < -0.3 is 9.32 Å². The molecule has 1 aromatic heterocycles. The predicted octanol–water partition coefficient (Wildman–Crippen LogP) is 3.45. The summed E-state index contributed by atoms with van der Waals surface area (Å²) in [5.74, 6) is 1.64. The Bertz CT molecular complexity index is 392. The predicted molar refractivity (Wildman–Crippen MR) is 72.9 cm³/mol. The van der Waals surface area contributed by atoms with Gasteiger partial charge >= 0.3 is 0 Å². The topological polar surface area (TPSA) is 33.5 Å². The molecule has 17 heavy (non-hydrogen) atoms. The smallest absolute Gasteiger partial charge is 0.257 e. The van der Waals surface area contributed by atoms with Crippen molar-refractivity contribution in [3.05, 3.63) is 22.6 Å². The lowest BCUT2D eigenvalue weighted by Crippen LogP contribution is -2.34. The van der Waals surface area contributed by atoms with Crippen molar-refractivity contribution in [1.82, 2.24) is 4.90 Å². The molecule has 0 aliphatic carbocycles. The summed E-state index contributed by atoms with van der Waals surface area (Å²) in [5.41, 5.74) is 1.69. The number of hydrogen-bond acceptors (Lipinski definition) is 2. The Hall–Kier alpha value is -0.770. The molecule has 3 nitrogen and oxygen atoms in total. The second-order valence-electron chi connectivity index (χ2n) is 4.20. The first-order valence-electron chi connectivity index (χ1n) is 5.94. The minimum atomic E-state index is 0.0816. The summed E-state index contributed by atoms with van der Waals surface area (Å²) in [7, 11) is 0. The zero-order valence-electron chi connectivity index (χ0n) is 11.0. The van der Waals surface area contributed by atoms with E-state index in [9.17, 15) is 4.79 Å². The van der Waals surface area contributed by atoms with Crippen LogP contribution in [0.3, 0.4) is 0 Å². The van der Waals surface area contributed by atoms with Gasteiger partial charge in [0.15, 0.2) is 0 Å². The van der Waals surface area contributed by atoms with Crippen molar-refractivity contribution in [2.45, 2.75) is 34.1 Å². The minimum Gasteiger partial charge on any atom is -0.466 e. The molecule has 0 fully saturated rings. The van der Waals surface area contributed by atoms with Crippen LogP contribution in [0.5, 0.6) is 0 Å². The van der Waals surface area contributed by atoms with Gasteiger partial charge in [-0.25, -0.2) is 0 Å². The number of aryl methyl sites for hydroxylation is 2. The SMILES string of the molecule is CCCN(CCBr)C(=O)c1c(C)oc(C)c1C. The van der Waals surface area contributed by atoms with E-state index in [2.05, 4.69) is 22.9 Å². The second-order valence-corrected chi connectivity index (χ2v) is 4.99. The molecule has 0 saturated heterocycles. The highest BCUT2D eigenvalue weighted by atomic mass is 79.9. The van der Waals surface area contributed by atoms with Crippen LogP contribution in [0, 0.1) is 20.8 Å². The van der Waals surface area contributed by atoms with Gasteiger partial charge in [0.2, 0.25) is 0 Å². The van der Waals surface area contributed by atoms with Gasteiger partial charge in [-0.1, -0.05) is 22.9 Å². The summed E-state index contributed by atoms with van der Waals surface area (Å²) in [6.45, 7) is 9.29. The van der Waals surface area contributed by atoms with Gasteiger partial charge in [0.1, 0.15) is 11.5 Å². The number of carbonyl (C=O) groups excluding carboxylic acids is 1. The largest absolute Gasteiger partial charge is 0.466 e. The number of nitrogens with zero attached hydrogens (tertiary/aromatic N) is 1. The fourth-order valence-corrected chi connectivity index (χ4v) is 2.38. The summed E-state index contributed by atoms with van der Waals surface area (Å²) in [5, 5.41) is 0.799. The first kappa shape index (κ1) is 14.3. The number of carbonyl (C=O) groups is 1. The molecule has 1 aromatic rings. The van der Waals surface area contributed by atoms with Crippen LogP contribution in [0.1, 0.15) is 40.8 Å². The van der Waals surface area contributed by atoms with Crippen molar-refractivity contribution < 1.29 is 9.21 Å². The molecule has 1 amide bonds. The summed E-state index contributed by atoms with van der Waals surface area (Å²) >= 11 is 3.39. The first-order valence-corrected chi connectivity index (χ1v) is 7.06. The number of halogens is 1. The highest BCUT2D eigenvalue weighted by molar-refractivity contribution is 9.09. The number of hydrogen-bond donors (Lipinski definition) is 0. The zero-order valence-corrected chi connectivity index (χ0v) is 12.6. The highest BCUT2D eigenvalue weighted by Gasteiger charge is 2.22. The summed E-state index contributed by atoms with van der Waals surface area (Å²) in [4.78, 5) is 14.3. The van der Waals surface area contributed by atoms with Crippen LogP contribution in [0.4, 0.5) is 0 Å². The number of rotatable bonds is 5. The Labute approximate surface area is 111 Å². The van der Waals surface area contributed by atoms with Crippen molar-refractivity contribution >= 4 is 21.8 Å². The van der Waals surface area contributed by atoms with Crippen LogP contribution >= 0.6 is 15.9 Å². The van der Waals surface area contributed by atoms with E-state index in [1.165, 1.54) is 0 Å². The van der Waals surface area contributed by atoms with E-state index < -0.39 is 0 Å². The third-order valence-corrected chi connectivity index (χ3v) is 3.27.